The van der Waals surface area contributed by atoms with E-state index in [4.69, 9.17) is 0 Å². The first-order valence-electron chi connectivity index (χ1n) is 22.2. The van der Waals surface area contributed by atoms with Crippen LogP contribution in [0.25, 0.3) is 55.6 Å². The summed E-state index contributed by atoms with van der Waals surface area (Å²) in [5.41, 5.74) is 26.2. The predicted octanol–water partition coefficient (Wildman–Crippen LogP) is 15.9. The van der Waals surface area contributed by atoms with Gasteiger partial charge in [0.2, 0.25) is 0 Å². The largest absolute Gasteiger partial charge is 0.310 e. The molecule has 0 saturated carbocycles. The Balaban J connectivity index is 1.01. The molecule has 3 aliphatic carbocycles. The van der Waals surface area contributed by atoms with Gasteiger partial charge in [-0.3, -0.25) is 0 Å². The lowest BCUT2D eigenvalue weighted by Crippen LogP contribution is -2.17. The van der Waals surface area contributed by atoms with E-state index in [0.717, 1.165) is 11.4 Å². The minimum absolute atomic E-state index is 0.166. The Morgan fingerprint density at radius 2 is 0.683 bits per heavy atom. The van der Waals surface area contributed by atoms with E-state index in [1.807, 2.05) is 0 Å². The van der Waals surface area contributed by atoms with Crippen LogP contribution in [-0.2, 0) is 31.1 Å². The van der Waals surface area contributed by atoms with Crippen molar-refractivity contribution >= 4 is 17.1 Å². The minimum Gasteiger partial charge on any atom is -0.310 e. The minimum atomic E-state index is -0.166. The molecule has 0 bridgehead atoms. The molecule has 0 spiro atoms. The van der Waals surface area contributed by atoms with Crippen LogP contribution in [0.5, 0.6) is 0 Å². The zero-order valence-electron chi connectivity index (χ0n) is 34.8. The van der Waals surface area contributed by atoms with Crippen molar-refractivity contribution in [1.29, 1.82) is 0 Å². The molecule has 8 aromatic carbocycles. The summed E-state index contributed by atoms with van der Waals surface area (Å²) < 4.78 is 0. The van der Waals surface area contributed by atoms with Crippen molar-refractivity contribution in [2.75, 3.05) is 4.90 Å². The molecule has 8 aromatic rings. The third-order valence-electron chi connectivity index (χ3n) is 13.9. The zero-order valence-corrected chi connectivity index (χ0v) is 34.8. The first-order valence-corrected chi connectivity index (χ1v) is 22.2. The molecule has 0 aliphatic heterocycles. The van der Waals surface area contributed by atoms with Crippen LogP contribution in [0.1, 0.15) is 72.9 Å². The number of benzene rings is 8. The van der Waals surface area contributed by atoms with Crippen molar-refractivity contribution in [3.63, 3.8) is 0 Å². The normalized spacial score (nSPS) is 14.8. The van der Waals surface area contributed by atoms with Gasteiger partial charge in [0.05, 0.1) is 0 Å². The molecule has 0 atom stereocenters. The summed E-state index contributed by atoms with van der Waals surface area (Å²) in [5, 5.41) is 0. The zero-order chi connectivity index (χ0) is 40.2. The topological polar surface area (TPSA) is 3.24 Å². The maximum Gasteiger partial charge on any atom is 0.0465 e. The SMILES string of the molecule is CC1(C)c2cc(-c3c4c(c(-c5ccccc5)c5c3CCCC5)CCCC4)ccc2-c2ccc(N(c3ccc(-c4ccccc4)cc3)c3ccc(-c4ccccc4)cc3)cc21. The van der Waals surface area contributed by atoms with Crippen LogP contribution in [0.4, 0.5) is 17.1 Å². The van der Waals surface area contributed by atoms with Crippen molar-refractivity contribution in [3.8, 4) is 55.6 Å². The fraction of sp³-hybridized carbons (Fsp3) is 0.186. The Labute approximate surface area is 356 Å². The van der Waals surface area contributed by atoms with Gasteiger partial charge in [-0.15, -0.1) is 0 Å². The Kier molecular flexibility index (Phi) is 9.15. The average Bonchev–Trinajstić information content (AvgIpc) is 3.54. The van der Waals surface area contributed by atoms with Gasteiger partial charge in [-0.2, -0.15) is 0 Å². The molecule has 0 fully saturated rings. The van der Waals surface area contributed by atoms with Gasteiger partial charge in [0, 0.05) is 22.5 Å². The Morgan fingerprint density at radius 3 is 1.15 bits per heavy atom. The van der Waals surface area contributed by atoms with Crippen molar-refractivity contribution in [1.82, 2.24) is 0 Å². The van der Waals surface area contributed by atoms with Gasteiger partial charge in [0.25, 0.3) is 0 Å². The third kappa shape index (κ3) is 6.22. The van der Waals surface area contributed by atoms with Crippen molar-refractivity contribution in [2.45, 2.75) is 70.6 Å². The summed E-state index contributed by atoms with van der Waals surface area (Å²) in [5.74, 6) is 0. The highest BCUT2D eigenvalue weighted by atomic mass is 15.1. The highest BCUT2D eigenvalue weighted by Crippen LogP contribution is 2.53. The van der Waals surface area contributed by atoms with Gasteiger partial charge in [-0.05, 0) is 183 Å². The van der Waals surface area contributed by atoms with Crippen LogP contribution in [0.15, 0.2) is 176 Å². The smallest absolute Gasteiger partial charge is 0.0465 e. The quantitative estimate of drug-likeness (QED) is 0.156. The van der Waals surface area contributed by atoms with E-state index >= 15 is 0 Å². The first kappa shape index (κ1) is 36.6. The Hall–Kier alpha value is -6.44. The molecule has 60 heavy (non-hydrogen) atoms. The van der Waals surface area contributed by atoms with Gasteiger partial charge >= 0.3 is 0 Å². The monoisotopic (exact) mass is 773 g/mol. The van der Waals surface area contributed by atoms with Crippen molar-refractivity contribution < 1.29 is 0 Å². The molecule has 0 aromatic heterocycles. The van der Waals surface area contributed by atoms with E-state index in [1.54, 1.807) is 33.4 Å². The van der Waals surface area contributed by atoms with E-state index in [-0.39, 0.29) is 5.41 Å². The van der Waals surface area contributed by atoms with Gasteiger partial charge in [-0.25, -0.2) is 0 Å². The lowest BCUT2D eigenvalue weighted by atomic mass is 9.72. The molecule has 0 heterocycles. The van der Waals surface area contributed by atoms with E-state index in [9.17, 15) is 0 Å². The predicted molar refractivity (Wildman–Crippen MR) is 254 cm³/mol. The van der Waals surface area contributed by atoms with Crippen LogP contribution in [0.2, 0.25) is 0 Å². The van der Waals surface area contributed by atoms with Crippen LogP contribution in [-0.4, -0.2) is 0 Å². The second kappa shape index (κ2) is 15.0. The molecule has 0 N–H and O–H groups in total. The number of fused-ring (bicyclic) bond motifs is 5. The van der Waals surface area contributed by atoms with Crippen molar-refractivity contribution in [3.05, 3.63) is 209 Å². The number of anilines is 3. The lowest BCUT2D eigenvalue weighted by Gasteiger charge is -2.32. The van der Waals surface area contributed by atoms with Crippen LogP contribution in [0.3, 0.4) is 0 Å². The number of hydrogen-bond donors (Lipinski definition) is 0. The van der Waals surface area contributed by atoms with Crippen LogP contribution >= 0.6 is 0 Å². The molecule has 1 heteroatoms. The summed E-state index contributed by atoms with van der Waals surface area (Å²) in [6, 6.07) is 65.5. The maximum atomic E-state index is 2.60. The molecule has 1 nitrogen and oxygen atoms in total. The average molecular weight is 774 g/mol. The fourth-order valence-corrected chi connectivity index (χ4v) is 10.9. The molecular formula is C59H51N. The molecule has 0 amide bonds. The summed E-state index contributed by atoms with van der Waals surface area (Å²) >= 11 is 0. The van der Waals surface area contributed by atoms with Crippen LogP contribution in [0, 0.1) is 0 Å². The van der Waals surface area contributed by atoms with Gasteiger partial charge in [-0.1, -0.05) is 147 Å². The second-order valence-corrected chi connectivity index (χ2v) is 17.7. The van der Waals surface area contributed by atoms with Gasteiger partial charge in [0.1, 0.15) is 0 Å². The molecular weight excluding hydrogens is 723 g/mol. The lowest BCUT2D eigenvalue weighted by molar-refractivity contribution is 0.658. The molecule has 0 saturated heterocycles. The number of nitrogens with zero attached hydrogens (tertiary/aromatic N) is 1. The Morgan fingerprint density at radius 1 is 0.333 bits per heavy atom. The first-order chi connectivity index (χ1) is 29.5. The van der Waals surface area contributed by atoms with E-state index < -0.39 is 0 Å². The highest BCUT2D eigenvalue weighted by molar-refractivity contribution is 5.90. The molecule has 0 radical (unpaired) electrons. The molecule has 292 valence electrons. The van der Waals surface area contributed by atoms with E-state index in [0.29, 0.717) is 0 Å². The van der Waals surface area contributed by atoms with Crippen molar-refractivity contribution in [2.24, 2.45) is 0 Å². The summed E-state index contributed by atoms with van der Waals surface area (Å²) in [4.78, 5) is 2.43. The van der Waals surface area contributed by atoms with E-state index in [1.165, 1.54) is 113 Å². The number of hydrogen-bond acceptors (Lipinski definition) is 1. The standard InChI is InChI=1S/C59H51N/c1-59(2)55-38-45(58-53-24-14-12-22-51(53)57(44-20-10-5-11-21-44)52-23-13-15-25-54(52)58)30-36-49(55)50-37-35-48(39-56(50)59)60(46-31-26-42(27-32-46)40-16-6-3-7-17-40)47-33-28-43(29-34-47)41-18-8-4-9-19-41/h3-11,16-21,26-39H,12-15,22-25H2,1-2H3. The second-order valence-electron chi connectivity index (χ2n) is 17.7. The number of rotatable bonds is 7. The highest BCUT2D eigenvalue weighted by Gasteiger charge is 2.37. The van der Waals surface area contributed by atoms with Gasteiger partial charge in [0.15, 0.2) is 0 Å². The van der Waals surface area contributed by atoms with Gasteiger partial charge < -0.3 is 4.90 Å². The maximum absolute atomic E-state index is 2.60. The molecule has 3 aliphatic rings. The summed E-state index contributed by atoms with van der Waals surface area (Å²) in [6.45, 7) is 4.89. The fourth-order valence-electron chi connectivity index (χ4n) is 10.9. The Bertz CT molecular complexity index is 2730. The molecule has 11 rings (SSSR count). The van der Waals surface area contributed by atoms with E-state index in [2.05, 4.69) is 195 Å². The third-order valence-corrected chi connectivity index (χ3v) is 13.9. The van der Waals surface area contributed by atoms with Crippen LogP contribution < -0.4 is 4.90 Å². The summed E-state index contributed by atoms with van der Waals surface area (Å²) in [6.07, 6.45) is 9.84. The summed E-state index contributed by atoms with van der Waals surface area (Å²) in [7, 11) is 0. The molecule has 0 unspecified atom stereocenters.